The van der Waals surface area contributed by atoms with Gasteiger partial charge in [-0.05, 0) is 34.1 Å². The van der Waals surface area contributed by atoms with Crippen molar-refractivity contribution in [2.45, 2.75) is 6.10 Å². The van der Waals surface area contributed by atoms with Gasteiger partial charge in [-0.3, -0.25) is 4.79 Å². The minimum absolute atomic E-state index is 0.0721. The highest BCUT2D eigenvalue weighted by atomic mass is 79.9. The fourth-order valence-corrected chi connectivity index (χ4v) is 3.02. The van der Waals surface area contributed by atoms with Gasteiger partial charge in [0.25, 0.3) is 5.91 Å². The smallest absolute Gasteiger partial charge is 0.255 e. The number of nitrogens with zero attached hydrogens (tertiary/aromatic N) is 1. The quantitative estimate of drug-likeness (QED) is 0.811. The van der Waals surface area contributed by atoms with Crippen LogP contribution in [0.2, 0.25) is 0 Å². The molecule has 1 amide bonds. The number of morpholine rings is 1. The minimum Gasteiger partial charge on any atom is -0.370 e. The van der Waals surface area contributed by atoms with E-state index in [1.807, 2.05) is 18.2 Å². The van der Waals surface area contributed by atoms with E-state index in [0.29, 0.717) is 30.8 Å². The van der Waals surface area contributed by atoms with Crippen LogP contribution in [0.4, 0.5) is 4.39 Å². The minimum atomic E-state index is -0.429. The van der Waals surface area contributed by atoms with E-state index < -0.39 is 6.10 Å². The lowest BCUT2D eigenvalue weighted by Gasteiger charge is -2.33. The zero-order valence-corrected chi connectivity index (χ0v) is 13.4. The van der Waals surface area contributed by atoms with Crippen molar-refractivity contribution < 1.29 is 13.9 Å². The molecule has 1 saturated heterocycles. The summed E-state index contributed by atoms with van der Waals surface area (Å²) >= 11 is 3.40. The van der Waals surface area contributed by atoms with E-state index in [9.17, 15) is 9.18 Å². The first-order valence-electron chi connectivity index (χ1n) is 7.06. The molecule has 0 aliphatic carbocycles. The van der Waals surface area contributed by atoms with Gasteiger partial charge in [0.2, 0.25) is 0 Å². The number of benzene rings is 2. The van der Waals surface area contributed by atoms with Crippen LogP contribution in [0.25, 0.3) is 0 Å². The zero-order valence-electron chi connectivity index (χ0n) is 11.8. The Morgan fingerprint density at radius 3 is 2.68 bits per heavy atom. The van der Waals surface area contributed by atoms with Gasteiger partial charge >= 0.3 is 0 Å². The van der Waals surface area contributed by atoms with Gasteiger partial charge in [0.05, 0.1) is 18.7 Å². The zero-order chi connectivity index (χ0) is 15.5. The number of carbonyl (C=O) groups is 1. The molecule has 1 aliphatic rings. The van der Waals surface area contributed by atoms with E-state index in [-0.39, 0.29) is 11.7 Å². The molecule has 5 heteroatoms. The highest BCUT2D eigenvalue weighted by Gasteiger charge is 2.28. The van der Waals surface area contributed by atoms with E-state index in [4.69, 9.17) is 4.74 Å². The van der Waals surface area contributed by atoms with E-state index in [0.717, 1.165) is 4.47 Å². The van der Waals surface area contributed by atoms with Gasteiger partial charge in [0.15, 0.2) is 0 Å². The molecule has 3 nitrogen and oxygen atoms in total. The lowest BCUT2D eigenvalue weighted by molar-refractivity contribution is -0.0243. The van der Waals surface area contributed by atoms with Crippen LogP contribution >= 0.6 is 15.9 Å². The molecule has 0 aromatic heterocycles. The van der Waals surface area contributed by atoms with Crippen molar-refractivity contribution in [1.29, 1.82) is 0 Å². The highest BCUT2D eigenvalue weighted by Crippen LogP contribution is 2.26. The molecule has 0 N–H and O–H groups in total. The molecule has 2 aromatic carbocycles. The second kappa shape index (κ2) is 6.58. The van der Waals surface area contributed by atoms with Crippen LogP contribution in [0.5, 0.6) is 0 Å². The largest absolute Gasteiger partial charge is 0.370 e. The average molecular weight is 364 g/mol. The molecule has 0 saturated carbocycles. The number of rotatable bonds is 2. The Morgan fingerprint density at radius 1 is 1.18 bits per heavy atom. The molecule has 1 atom stereocenters. The summed E-state index contributed by atoms with van der Waals surface area (Å²) in [5, 5.41) is 0. The number of hydrogen-bond acceptors (Lipinski definition) is 2. The van der Waals surface area contributed by atoms with Gasteiger partial charge in [0.1, 0.15) is 11.9 Å². The van der Waals surface area contributed by atoms with E-state index in [2.05, 4.69) is 15.9 Å². The molecular formula is C17H15BrFNO2. The Labute approximate surface area is 136 Å². The Hall–Kier alpha value is -1.72. The van der Waals surface area contributed by atoms with Crippen LogP contribution in [0, 0.1) is 5.82 Å². The summed E-state index contributed by atoms with van der Waals surface area (Å²) in [4.78, 5) is 14.3. The predicted molar refractivity (Wildman–Crippen MR) is 85.1 cm³/mol. The monoisotopic (exact) mass is 363 g/mol. The van der Waals surface area contributed by atoms with Crippen molar-refractivity contribution in [3.8, 4) is 0 Å². The first-order chi connectivity index (χ1) is 10.7. The van der Waals surface area contributed by atoms with Gasteiger partial charge < -0.3 is 9.64 Å². The third-order valence-electron chi connectivity index (χ3n) is 3.71. The summed E-state index contributed by atoms with van der Waals surface area (Å²) < 4.78 is 20.3. The molecular weight excluding hydrogens is 349 g/mol. The Kier molecular flexibility index (Phi) is 4.55. The predicted octanol–water partition coefficient (Wildman–Crippen LogP) is 3.80. The van der Waals surface area contributed by atoms with E-state index in [1.54, 1.807) is 29.2 Å². The average Bonchev–Trinajstić information content (AvgIpc) is 2.55. The molecule has 0 radical (unpaired) electrons. The Balaban J connectivity index is 1.80. The standard InChI is InChI=1S/C17H15BrFNO2/c18-14-7-3-1-5-12(14)17(21)20-9-10-22-16(11-20)13-6-2-4-8-15(13)19/h1-8,16H,9-11H2. The van der Waals surface area contributed by atoms with Crippen molar-refractivity contribution in [3.05, 3.63) is 69.9 Å². The van der Waals surface area contributed by atoms with Gasteiger partial charge in [0, 0.05) is 16.6 Å². The third kappa shape index (κ3) is 3.05. The summed E-state index contributed by atoms with van der Waals surface area (Å²) in [6.07, 6.45) is -0.429. The van der Waals surface area contributed by atoms with Crippen LogP contribution in [0.3, 0.4) is 0 Å². The molecule has 0 bridgehead atoms. The maximum atomic E-state index is 13.9. The molecule has 1 heterocycles. The second-order valence-corrected chi connectivity index (χ2v) is 5.97. The summed E-state index contributed by atoms with van der Waals surface area (Å²) in [7, 11) is 0. The SMILES string of the molecule is O=C(c1ccccc1Br)N1CCOC(c2ccccc2F)C1. The van der Waals surface area contributed by atoms with Crippen molar-refractivity contribution >= 4 is 21.8 Å². The molecule has 0 spiro atoms. The van der Waals surface area contributed by atoms with Gasteiger partial charge in [-0.1, -0.05) is 30.3 Å². The second-order valence-electron chi connectivity index (χ2n) is 5.11. The number of halogens is 2. The fraction of sp³-hybridized carbons (Fsp3) is 0.235. The summed E-state index contributed by atoms with van der Waals surface area (Å²) in [5.74, 6) is -0.375. The summed E-state index contributed by atoms with van der Waals surface area (Å²) in [6, 6.07) is 13.8. The molecule has 22 heavy (non-hydrogen) atoms. The number of amides is 1. The number of carbonyl (C=O) groups excluding carboxylic acids is 1. The molecule has 1 aliphatic heterocycles. The van der Waals surface area contributed by atoms with Crippen molar-refractivity contribution in [2.24, 2.45) is 0 Å². The maximum absolute atomic E-state index is 13.9. The Bertz CT molecular complexity index is 692. The lowest BCUT2D eigenvalue weighted by Crippen LogP contribution is -2.42. The first kappa shape index (κ1) is 15.2. The van der Waals surface area contributed by atoms with Crippen LogP contribution in [-0.2, 0) is 4.74 Å². The highest BCUT2D eigenvalue weighted by molar-refractivity contribution is 9.10. The third-order valence-corrected chi connectivity index (χ3v) is 4.40. The molecule has 1 fully saturated rings. The molecule has 114 valence electrons. The molecule has 2 aromatic rings. The van der Waals surface area contributed by atoms with Crippen molar-refractivity contribution in [2.75, 3.05) is 19.7 Å². The van der Waals surface area contributed by atoms with Gasteiger partial charge in [-0.15, -0.1) is 0 Å². The maximum Gasteiger partial charge on any atom is 0.255 e. The van der Waals surface area contributed by atoms with Crippen LogP contribution < -0.4 is 0 Å². The van der Waals surface area contributed by atoms with Crippen molar-refractivity contribution in [1.82, 2.24) is 4.90 Å². The van der Waals surface area contributed by atoms with E-state index in [1.165, 1.54) is 6.07 Å². The molecule has 1 unspecified atom stereocenters. The fourth-order valence-electron chi connectivity index (χ4n) is 2.56. The summed E-state index contributed by atoms with van der Waals surface area (Å²) in [5.41, 5.74) is 1.10. The van der Waals surface area contributed by atoms with Gasteiger partial charge in [-0.25, -0.2) is 4.39 Å². The van der Waals surface area contributed by atoms with Gasteiger partial charge in [-0.2, -0.15) is 0 Å². The number of ether oxygens (including phenoxy) is 1. The Morgan fingerprint density at radius 2 is 1.91 bits per heavy atom. The number of hydrogen-bond donors (Lipinski definition) is 0. The first-order valence-corrected chi connectivity index (χ1v) is 7.86. The van der Waals surface area contributed by atoms with Crippen LogP contribution in [0.15, 0.2) is 53.0 Å². The topological polar surface area (TPSA) is 29.5 Å². The van der Waals surface area contributed by atoms with Crippen LogP contribution in [-0.4, -0.2) is 30.5 Å². The lowest BCUT2D eigenvalue weighted by atomic mass is 10.1. The van der Waals surface area contributed by atoms with Crippen molar-refractivity contribution in [3.63, 3.8) is 0 Å². The summed E-state index contributed by atoms with van der Waals surface area (Å²) in [6.45, 7) is 1.25. The van der Waals surface area contributed by atoms with E-state index >= 15 is 0 Å². The molecule has 3 rings (SSSR count). The van der Waals surface area contributed by atoms with Crippen LogP contribution in [0.1, 0.15) is 22.0 Å². The normalized spacial score (nSPS) is 18.3.